The molecule has 1 aliphatic heterocycles. The van der Waals surface area contributed by atoms with E-state index in [0.717, 1.165) is 32.1 Å². The molecule has 1 saturated carbocycles. The van der Waals surface area contributed by atoms with Crippen LogP contribution in [-0.4, -0.2) is 32.2 Å². The molecule has 2 aliphatic rings. The van der Waals surface area contributed by atoms with Crippen LogP contribution in [0.15, 0.2) is 12.2 Å². The average Bonchev–Trinajstić information content (AvgIpc) is 3.18. The molecule has 0 saturated heterocycles. The van der Waals surface area contributed by atoms with Crippen molar-refractivity contribution >= 4 is 16.1 Å². The fourth-order valence-electron chi connectivity index (χ4n) is 2.70. The lowest BCUT2D eigenvalue weighted by Crippen LogP contribution is -2.42. The summed E-state index contributed by atoms with van der Waals surface area (Å²) < 4.78 is 27.5. The van der Waals surface area contributed by atoms with Gasteiger partial charge in [0.2, 0.25) is 5.91 Å². The van der Waals surface area contributed by atoms with Crippen molar-refractivity contribution in [3.05, 3.63) is 12.2 Å². The van der Waals surface area contributed by atoms with E-state index < -0.39 is 10.2 Å². The first-order chi connectivity index (χ1) is 10.0. The molecule has 2 atom stereocenters. The summed E-state index contributed by atoms with van der Waals surface area (Å²) in [5.41, 5.74) is 0. The monoisotopic (exact) mass is 314 g/mol. The second-order valence-corrected chi connectivity index (χ2v) is 7.91. The molecule has 1 amide bonds. The third-order valence-electron chi connectivity index (χ3n) is 4.29. The molecular weight excluding hydrogens is 288 g/mol. The number of carbonyl (C=O) groups excluding carboxylic acids is 1. The zero-order valence-corrected chi connectivity index (χ0v) is 13.6. The van der Waals surface area contributed by atoms with Gasteiger partial charge in [-0.3, -0.25) is 4.79 Å². The van der Waals surface area contributed by atoms with Crippen LogP contribution in [0.1, 0.15) is 51.4 Å². The smallest absolute Gasteiger partial charge is 0.274 e. The number of nitrogens with one attached hydrogen (secondary N) is 1. The van der Waals surface area contributed by atoms with Crippen LogP contribution in [0.2, 0.25) is 0 Å². The summed E-state index contributed by atoms with van der Waals surface area (Å²) in [6.45, 7) is 0.469. The van der Waals surface area contributed by atoms with Gasteiger partial charge in [-0.15, -0.1) is 0 Å². The third-order valence-corrected chi connectivity index (χ3v) is 5.76. The molecule has 0 aromatic rings. The Morgan fingerprint density at radius 1 is 1.14 bits per heavy atom. The van der Waals surface area contributed by atoms with Gasteiger partial charge in [0.15, 0.2) is 0 Å². The quantitative estimate of drug-likeness (QED) is 0.697. The number of hydrogen-bond donors (Lipinski definition) is 1. The Bertz CT molecular complexity index is 487. The van der Waals surface area contributed by atoms with Gasteiger partial charge in [0.1, 0.15) is 0 Å². The highest BCUT2D eigenvalue weighted by Crippen LogP contribution is 2.40. The molecule has 1 heterocycles. The first-order valence-electron chi connectivity index (χ1n) is 7.95. The van der Waals surface area contributed by atoms with E-state index in [-0.39, 0.29) is 17.7 Å². The minimum absolute atomic E-state index is 0.169. The van der Waals surface area contributed by atoms with Crippen molar-refractivity contribution in [1.82, 2.24) is 9.03 Å². The van der Waals surface area contributed by atoms with Crippen LogP contribution in [0, 0.1) is 11.8 Å². The Balaban J connectivity index is 1.96. The highest BCUT2D eigenvalue weighted by molar-refractivity contribution is 7.87. The molecule has 120 valence electrons. The number of amides is 1. The van der Waals surface area contributed by atoms with Gasteiger partial charge in [-0.2, -0.15) is 12.7 Å². The van der Waals surface area contributed by atoms with Gasteiger partial charge >= 0.3 is 10.2 Å². The first-order valence-corrected chi connectivity index (χ1v) is 9.39. The zero-order chi connectivity index (χ0) is 15.3. The van der Waals surface area contributed by atoms with Crippen molar-refractivity contribution in [3.8, 4) is 0 Å². The standard InChI is InChI=1S/C15H26N2O3S/c1-17-11-9-7-5-3-2-4-6-8-10-13-12-14(13)15(18)16-21(17,19)20/h8,10,13-14H,2-7,9,11-12H2,1H3,(H,16,18)/b10-8+/t13-,14+/m1/s1. The Morgan fingerprint density at radius 3 is 2.57 bits per heavy atom. The molecule has 1 aliphatic carbocycles. The van der Waals surface area contributed by atoms with E-state index in [4.69, 9.17) is 0 Å². The number of nitrogens with zero attached hydrogens (tertiary/aromatic N) is 1. The van der Waals surface area contributed by atoms with Crippen molar-refractivity contribution in [2.75, 3.05) is 13.6 Å². The van der Waals surface area contributed by atoms with Crippen LogP contribution in [0.3, 0.4) is 0 Å². The number of fused-ring (bicyclic) bond motifs is 1. The minimum Gasteiger partial charge on any atom is -0.274 e. The van der Waals surface area contributed by atoms with Gasteiger partial charge in [0.05, 0.1) is 0 Å². The second-order valence-electron chi connectivity index (χ2n) is 6.14. The zero-order valence-electron chi connectivity index (χ0n) is 12.8. The predicted octanol–water partition coefficient (Wildman–Crippen LogP) is 2.22. The van der Waals surface area contributed by atoms with E-state index >= 15 is 0 Å². The van der Waals surface area contributed by atoms with Gasteiger partial charge in [-0.1, -0.05) is 37.8 Å². The SMILES string of the molecule is CN1CCCCCCCC/C=C/[C@@H]2C[C@@H]2C(=O)NS1(=O)=O. The van der Waals surface area contributed by atoms with Crippen LogP contribution < -0.4 is 4.72 Å². The number of hydrogen-bond acceptors (Lipinski definition) is 3. The van der Waals surface area contributed by atoms with Crippen LogP contribution >= 0.6 is 0 Å². The number of rotatable bonds is 0. The van der Waals surface area contributed by atoms with E-state index in [2.05, 4.69) is 16.9 Å². The summed E-state index contributed by atoms with van der Waals surface area (Å²) >= 11 is 0. The summed E-state index contributed by atoms with van der Waals surface area (Å²) in [5.74, 6) is -0.306. The Hall–Kier alpha value is -0.880. The molecule has 0 unspecified atom stereocenters. The van der Waals surface area contributed by atoms with Crippen LogP contribution in [-0.2, 0) is 15.0 Å². The molecule has 5 nitrogen and oxygen atoms in total. The van der Waals surface area contributed by atoms with Crippen molar-refractivity contribution in [3.63, 3.8) is 0 Å². The molecule has 2 rings (SSSR count). The number of allylic oxidation sites excluding steroid dienone is 2. The van der Waals surface area contributed by atoms with Crippen molar-refractivity contribution in [2.24, 2.45) is 11.8 Å². The molecular formula is C15H26N2O3S. The maximum Gasteiger partial charge on any atom is 0.303 e. The maximum absolute atomic E-state index is 12.0. The third kappa shape index (κ3) is 5.11. The fourth-order valence-corrected chi connectivity index (χ4v) is 3.64. The summed E-state index contributed by atoms with van der Waals surface area (Å²) in [6.07, 6.45) is 12.7. The van der Waals surface area contributed by atoms with Crippen LogP contribution in [0.25, 0.3) is 0 Å². The topological polar surface area (TPSA) is 66.5 Å². The molecule has 0 aromatic carbocycles. The van der Waals surface area contributed by atoms with E-state index in [1.165, 1.54) is 30.6 Å². The summed E-state index contributed by atoms with van der Waals surface area (Å²) in [4.78, 5) is 12.0. The molecule has 6 heteroatoms. The fraction of sp³-hybridized carbons (Fsp3) is 0.800. The molecule has 0 radical (unpaired) electrons. The Kier molecular flexibility index (Phi) is 5.81. The Labute approximate surface area is 128 Å². The van der Waals surface area contributed by atoms with Crippen LogP contribution in [0.5, 0.6) is 0 Å². The van der Waals surface area contributed by atoms with Crippen molar-refractivity contribution < 1.29 is 13.2 Å². The summed E-state index contributed by atoms with van der Waals surface area (Å²) in [6, 6.07) is 0. The maximum atomic E-state index is 12.0. The van der Waals surface area contributed by atoms with Gasteiger partial charge in [0.25, 0.3) is 0 Å². The normalized spacial score (nSPS) is 33.7. The van der Waals surface area contributed by atoms with Gasteiger partial charge in [-0.05, 0) is 31.6 Å². The Morgan fingerprint density at radius 2 is 1.81 bits per heavy atom. The highest BCUT2D eigenvalue weighted by Gasteiger charge is 2.42. The lowest BCUT2D eigenvalue weighted by molar-refractivity contribution is -0.120. The van der Waals surface area contributed by atoms with Crippen molar-refractivity contribution in [2.45, 2.75) is 51.4 Å². The molecule has 1 N–H and O–H groups in total. The van der Waals surface area contributed by atoms with E-state index in [1.807, 2.05) is 0 Å². The number of carbonyl (C=O) groups is 1. The summed E-state index contributed by atoms with van der Waals surface area (Å²) in [7, 11) is -2.14. The summed E-state index contributed by atoms with van der Waals surface area (Å²) in [5, 5.41) is 0. The average molecular weight is 314 g/mol. The first kappa shape index (κ1) is 16.5. The van der Waals surface area contributed by atoms with Gasteiger partial charge in [-0.25, -0.2) is 4.72 Å². The second kappa shape index (κ2) is 7.40. The minimum atomic E-state index is -3.67. The molecule has 0 aromatic heterocycles. The highest BCUT2D eigenvalue weighted by atomic mass is 32.2. The largest absolute Gasteiger partial charge is 0.303 e. The predicted molar refractivity (Wildman–Crippen MR) is 82.7 cm³/mol. The molecule has 0 bridgehead atoms. The van der Waals surface area contributed by atoms with E-state index in [1.54, 1.807) is 0 Å². The van der Waals surface area contributed by atoms with Gasteiger partial charge < -0.3 is 0 Å². The van der Waals surface area contributed by atoms with Crippen LogP contribution in [0.4, 0.5) is 0 Å². The van der Waals surface area contributed by atoms with E-state index in [9.17, 15) is 13.2 Å². The van der Waals surface area contributed by atoms with Gasteiger partial charge in [0, 0.05) is 19.5 Å². The van der Waals surface area contributed by atoms with E-state index in [0.29, 0.717) is 6.54 Å². The lowest BCUT2D eigenvalue weighted by atomic mass is 10.1. The molecule has 21 heavy (non-hydrogen) atoms. The van der Waals surface area contributed by atoms with Crippen molar-refractivity contribution in [1.29, 1.82) is 0 Å². The molecule has 1 fully saturated rings. The lowest BCUT2D eigenvalue weighted by Gasteiger charge is -2.17. The molecule has 0 spiro atoms.